The van der Waals surface area contributed by atoms with Crippen LogP contribution in [0.25, 0.3) is 0 Å². The van der Waals surface area contributed by atoms with Crippen LogP contribution in [0, 0.1) is 17.0 Å². The van der Waals surface area contributed by atoms with Gasteiger partial charge in [0.05, 0.1) is 11.3 Å². The fraction of sp³-hybridized carbons (Fsp3) is 0.318. The summed E-state index contributed by atoms with van der Waals surface area (Å²) in [5.74, 6) is -1.18. The molecule has 2 aromatic rings. The molecule has 2 aromatic carbocycles. The molecule has 0 radical (unpaired) electrons. The third kappa shape index (κ3) is 5.08. The number of non-ortho nitro benzene ring substituents is 1. The first kappa shape index (κ1) is 21.2. The van der Waals surface area contributed by atoms with Gasteiger partial charge in [-0.3, -0.25) is 24.5 Å². The summed E-state index contributed by atoms with van der Waals surface area (Å²) in [6.07, 6.45) is 1.20. The van der Waals surface area contributed by atoms with E-state index in [9.17, 15) is 24.5 Å². The van der Waals surface area contributed by atoms with E-state index in [0.29, 0.717) is 30.6 Å². The van der Waals surface area contributed by atoms with Gasteiger partial charge < -0.3 is 9.64 Å². The van der Waals surface area contributed by atoms with Gasteiger partial charge in [-0.2, -0.15) is 0 Å². The van der Waals surface area contributed by atoms with Crippen LogP contribution in [-0.4, -0.2) is 35.7 Å². The number of rotatable bonds is 7. The van der Waals surface area contributed by atoms with Gasteiger partial charge in [0.2, 0.25) is 0 Å². The van der Waals surface area contributed by atoms with Crippen molar-refractivity contribution in [3.63, 3.8) is 0 Å². The average molecular weight is 410 g/mol. The first-order chi connectivity index (χ1) is 14.3. The fourth-order valence-corrected chi connectivity index (χ4v) is 3.35. The van der Waals surface area contributed by atoms with Crippen molar-refractivity contribution in [1.82, 2.24) is 0 Å². The number of hydrogen-bond donors (Lipinski definition) is 0. The molecule has 0 atom stereocenters. The SMILES string of the molecule is Cc1ccc(C(=O)CCC(=O)OCC(=O)N2CCCc3cc([N+](=O)[O-])ccc32)cc1. The summed E-state index contributed by atoms with van der Waals surface area (Å²) in [5, 5.41) is 10.9. The van der Waals surface area contributed by atoms with E-state index in [4.69, 9.17) is 4.74 Å². The van der Waals surface area contributed by atoms with E-state index in [-0.39, 0.29) is 24.3 Å². The van der Waals surface area contributed by atoms with Gasteiger partial charge in [-0.15, -0.1) is 0 Å². The lowest BCUT2D eigenvalue weighted by atomic mass is 10.0. The number of hydrogen-bond acceptors (Lipinski definition) is 6. The number of carbonyl (C=O) groups excluding carboxylic acids is 3. The third-order valence-electron chi connectivity index (χ3n) is 4.98. The number of nitro benzene ring substituents is 1. The average Bonchev–Trinajstić information content (AvgIpc) is 2.75. The molecule has 0 aliphatic carbocycles. The predicted molar refractivity (Wildman–Crippen MR) is 109 cm³/mol. The minimum atomic E-state index is -0.621. The maximum Gasteiger partial charge on any atom is 0.306 e. The van der Waals surface area contributed by atoms with Gasteiger partial charge in [-0.1, -0.05) is 29.8 Å². The summed E-state index contributed by atoms with van der Waals surface area (Å²) in [6, 6.07) is 11.5. The molecule has 0 bridgehead atoms. The lowest BCUT2D eigenvalue weighted by molar-refractivity contribution is -0.384. The molecule has 1 heterocycles. The lowest BCUT2D eigenvalue weighted by Crippen LogP contribution is -2.38. The highest BCUT2D eigenvalue weighted by molar-refractivity contribution is 5.98. The summed E-state index contributed by atoms with van der Waals surface area (Å²) < 4.78 is 5.05. The number of ketones is 1. The van der Waals surface area contributed by atoms with Crippen LogP contribution in [-0.2, 0) is 20.7 Å². The van der Waals surface area contributed by atoms with Crippen molar-refractivity contribution in [2.75, 3.05) is 18.1 Å². The molecule has 0 saturated heterocycles. The number of nitro groups is 1. The van der Waals surface area contributed by atoms with Gasteiger partial charge in [0.25, 0.3) is 11.6 Å². The number of fused-ring (bicyclic) bond motifs is 1. The molecule has 0 aromatic heterocycles. The Morgan fingerprint density at radius 3 is 2.53 bits per heavy atom. The topological polar surface area (TPSA) is 107 Å². The lowest BCUT2D eigenvalue weighted by Gasteiger charge is -2.29. The highest BCUT2D eigenvalue weighted by Crippen LogP contribution is 2.30. The van der Waals surface area contributed by atoms with Crippen molar-refractivity contribution in [3.8, 4) is 0 Å². The molecule has 30 heavy (non-hydrogen) atoms. The molecule has 3 rings (SSSR count). The largest absolute Gasteiger partial charge is 0.456 e. The Balaban J connectivity index is 1.52. The Labute approximate surface area is 173 Å². The van der Waals surface area contributed by atoms with Gasteiger partial charge in [0.1, 0.15) is 0 Å². The number of benzene rings is 2. The minimum Gasteiger partial charge on any atom is -0.456 e. The molecule has 8 nitrogen and oxygen atoms in total. The van der Waals surface area contributed by atoms with E-state index in [0.717, 1.165) is 11.1 Å². The predicted octanol–water partition coefficient (Wildman–Crippen LogP) is 3.39. The van der Waals surface area contributed by atoms with Crippen LogP contribution in [0.1, 0.15) is 40.7 Å². The molecule has 156 valence electrons. The van der Waals surface area contributed by atoms with E-state index >= 15 is 0 Å². The number of Topliss-reactive ketones (excluding diaryl/α,β-unsaturated/α-hetero) is 1. The first-order valence-electron chi connectivity index (χ1n) is 9.68. The van der Waals surface area contributed by atoms with Crippen LogP contribution in [0.2, 0.25) is 0 Å². The third-order valence-corrected chi connectivity index (χ3v) is 4.98. The standard InChI is InChI=1S/C22H22N2O6/c1-15-4-6-16(7-5-15)20(25)10-11-22(27)30-14-21(26)23-12-2-3-17-13-18(24(28)29)8-9-19(17)23/h4-9,13H,2-3,10-12,14H2,1H3. The molecule has 1 amide bonds. The fourth-order valence-electron chi connectivity index (χ4n) is 3.35. The van der Waals surface area contributed by atoms with Crippen LogP contribution in [0.5, 0.6) is 0 Å². The highest BCUT2D eigenvalue weighted by atomic mass is 16.6. The summed E-state index contributed by atoms with van der Waals surface area (Å²) in [7, 11) is 0. The Morgan fingerprint density at radius 1 is 1.10 bits per heavy atom. The number of carbonyl (C=O) groups is 3. The maximum atomic E-state index is 12.5. The monoisotopic (exact) mass is 410 g/mol. The van der Waals surface area contributed by atoms with E-state index in [1.807, 2.05) is 19.1 Å². The molecule has 0 N–H and O–H groups in total. The van der Waals surface area contributed by atoms with Gasteiger partial charge in [-0.05, 0) is 31.4 Å². The number of nitrogens with zero attached hydrogens (tertiary/aromatic N) is 2. The summed E-state index contributed by atoms with van der Waals surface area (Å²) in [4.78, 5) is 48.6. The molecule has 0 spiro atoms. The van der Waals surface area contributed by atoms with Crippen LogP contribution in [0.15, 0.2) is 42.5 Å². The van der Waals surface area contributed by atoms with Crippen LogP contribution >= 0.6 is 0 Å². The van der Waals surface area contributed by atoms with Gasteiger partial charge in [0, 0.05) is 36.3 Å². The summed E-state index contributed by atoms with van der Waals surface area (Å²) in [6.45, 7) is 1.94. The number of esters is 1. The number of amides is 1. The van der Waals surface area contributed by atoms with Gasteiger partial charge in [-0.25, -0.2) is 0 Å². The second kappa shape index (κ2) is 9.30. The second-order valence-corrected chi connectivity index (χ2v) is 7.17. The molecule has 0 fully saturated rings. The van der Waals surface area contributed by atoms with Crippen LogP contribution < -0.4 is 4.90 Å². The Hall–Kier alpha value is -3.55. The molecule has 8 heteroatoms. The second-order valence-electron chi connectivity index (χ2n) is 7.17. The molecular formula is C22H22N2O6. The van der Waals surface area contributed by atoms with E-state index in [1.54, 1.807) is 18.2 Å². The quantitative estimate of drug-likeness (QED) is 0.300. The molecule has 1 aliphatic rings. The number of aryl methyl sites for hydroxylation is 2. The summed E-state index contributed by atoms with van der Waals surface area (Å²) in [5.41, 5.74) is 2.87. The Kier molecular flexibility index (Phi) is 6.56. The zero-order valence-corrected chi connectivity index (χ0v) is 16.6. The number of anilines is 1. The zero-order chi connectivity index (χ0) is 21.7. The molecular weight excluding hydrogens is 388 g/mol. The van der Waals surface area contributed by atoms with Crippen LogP contribution in [0.3, 0.4) is 0 Å². The maximum absolute atomic E-state index is 12.5. The normalized spacial score (nSPS) is 12.8. The number of ether oxygens (including phenoxy) is 1. The van der Waals surface area contributed by atoms with Gasteiger partial charge in [0.15, 0.2) is 12.4 Å². The van der Waals surface area contributed by atoms with E-state index in [1.165, 1.54) is 17.0 Å². The highest BCUT2D eigenvalue weighted by Gasteiger charge is 2.25. The van der Waals surface area contributed by atoms with Crippen LogP contribution in [0.4, 0.5) is 11.4 Å². The van der Waals surface area contributed by atoms with Crippen molar-refractivity contribution in [2.45, 2.75) is 32.6 Å². The molecule has 0 unspecified atom stereocenters. The zero-order valence-electron chi connectivity index (χ0n) is 16.6. The van der Waals surface area contributed by atoms with Crippen molar-refractivity contribution in [2.24, 2.45) is 0 Å². The minimum absolute atomic E-state index is 0.00625. The summed E-state index contributed by atoms with van der Waals surface area (Å²) >= 11 is 0. The van der Waals surface area contributed by atoms with Crippen molar-refractivity contribution < 1.29 is 24.0 Å². The van der Waals surface area contributed by atoms with E-state index < -0.39 is 23.4 Å². The van der Waals surface area contributed by atoms with Gasteiger partial charge >= 0.3 is 5.97 Å². The Morgan fingerprint density at radius 2 is 1.83 bits per heavy atom. The van der Waals surface area contributed by atoms with Crippen molar-refractivity contribution in [1.29, 1.82) is 0 Å². The Bertz CT molecular complexity index is 984. The van der Waals surface area contributed by atoms with Crippen molar-refractivity contribution in [3.05, 3.63) is 69.3 Å². The van der Waals surface area contributed by atoms with E-state index in [2.05, 4.69) is 0 Å². The smallest absolute Gasteiger partial charge is 0.306 e. The van der Waals surface area contributed by atoms with Crippen molar-refractivity contribution >= 4 is 29.0 Å². The molecule has 1 aliphatic heterocycles. The molecule has 0 saturated carbocycles. The first-order valence-corrected chi connectivity index (χ1v) is 9.68.